The van der Waals surface area contributed by atoms with Gasteiger partial charge in [-0.2, -0.15) is 5.26 Å². The largest absolute Gasteiger partial charge is 0.385 e. The number of hydrogen-bond donors (Lipinski definition) is 1. The normalized spacial score (nSPS) is 28.7. The highest BCUT2D eigenvalue weighted by molar-refractivity contribution is 5.45. The molecule has 3 nitrogen and oxygen atoms in total. The predicted octanol–water partition coefficient (Wildman–Crippen LogP) is 3.88. The number of nitriles is 1. The summed E-state index contributed by atoms with van der Waals surface area (Å²) in [5, 5.41) is 20.8. The molecule has 0 saturated carbocycles. The van der Waals surface area contributed by atoms with Gasteiger partial charge in [-0.1, -0.05) is 42.5 Å². The number of benzene rings is 2. The van der Waals surface area contributed by atoms with E-state index in [0.717, 1.165) is 43.4 Å². The zero-order valence-corrected chi connectivity index (χ0v) is 14.7. The van der Waals surface area contributed by atoms with Crippen molar-refractivity contribution in [1.82, 2.24) is 4.90 Å². The van der Waals surface area contributed by atoms with Crippen molar-refractivity contribution >= 4 is 0 Å². The zero-order valence-electron chi connectivity index (χ0n) is 14.7. The molecule has 2 fully saturated rings. The van der Waals surface area contributed by atoms with Crippen LogP contribution >= 0.6 is 0 Å². The van der Waals surface area contributed by atoms with Crippen LogP contribution in [0.1, 0.15) is 47.9 Å². The summed E-state index contributed by atoms with van der Waals surface area (Å²) >= 11 is 0. The van der Waals surface area contributed by atoms with E-state index in [1.807, 2.05) is 25.1 Å². The summed E-state index contributed by atoms with van der Waals surface area (Å²) < 4.78 is 0. The molecule has 2 bridgehead atoms. The lowest BCUT2D eigenvalue weighted by Crippen LogP contribution is -2.49. The van der Waals surface area contributed by atoms with Crippen LogP contribution in [-0.2, 0) is 12.1 Å². The zero-order chi connectivity index (χ0) is 17.4. The van der Waals surface area contributed by atoms with Gasteiger partial charge in [0.25, 0.3) is 0 Å². The smallest absolute Gasteiger partial charge is 0.0994 e. The SMILES string of the molecule is Cc1c(C#N)cccc1C1(O)CC2CCC(C1)N2Cc1ccccc1. The van der Waals surface area contributed by atoms with Crippen LogP contribution in [0.25, 0.3) is 0 Å². The number of aliphatic hydroxyl groups is 1. The van der Waals surface area contributed by atoms with Crippen molar-refractivity contribution in [2.45, 2.75) is 56.8 Å². The predicted molar refractivity (Wildman–Crippen MR) is 97.8 cm³/mol. The van der Waals surface area contributed by atoms with Crippen LogP contribution < -0.4 is 0 Å². The molecule has 4 rings (SSSR count). The van der Waals surface area contributed by atoms with Crippen molar-refractivity contribution in [2.75, 3.05) is 0 Å². The molecule has 0 radical (unpaired) electrons. The number of hydrogen-bond acceptors (Lipinski definition) is 3. The van der Waals surface area contributed by atoms with Gasteiger partial charge in [0.15, 0.2) is 0 Å². The average Bonchev–Trinajstić information content (AvgIpc) is 2.87. The third-order valence-electron chi connectivity index (χ3n) is 6.08. The van der Waals surface area contributed by atoms with Gasteiger partial charge in [0.05, 0.1) is 17.2 Å². The second-order valence-electron chi connectivity index (χ2n) is 7.57. The molecule has 0 aromatic heterocycles. The molecule has 2 heterocycles. The number of rotatable bonds is 3. The van der Waals surface area contributed by atoms with Crippen LogP contribution in [-0.4, -0.2) is 22.1 Å². The van der Waals surface area contributed by atoms with Gasteiger partial charge in [-0.15, -0.1) is 0 Å². The lowest BCUT2D eigenvalue weighted by Gasteiger charge is -2.44. The van der Waals surface area contributed by atoms with Crippen molar-refractivity contribution in [1.29, 1.82) is 5.26 Å². The van der Waals surface area contributed by atoms with Crippen molar-refractivity contribution in [3.05, 3.63) is 70.8 Å². The molecule has 2 aromatic carbocycles. The number of piperidine rings is 1. The minimum Gasteiger partial charge on any atom is -0.385 e. The second-order valence-corrected chi connectivity index (χ2v) is 7.57. The maximum Gasteiger partial charge on any atom is 0.0994 e. The summed E-state index contributed by atoms with van der Waals surface area (Å²) in [5.41, 5.74) is 3.08. The number of nitrogens with zero attached hydrogens (tertiary/aromatic N) is 2. The molecule has 2 aromatic rings. The van der Waals surface area contributed by atoms with Crippen molar-refractivity contribution in [3.63, 3.8) is 0 Å². The maximum atomic E-state index is 11.5. The first-order valence-corrected chi connectivity index (χ1v) is 9.13. The van der Waals surface area contributed by atoms with Gasteiger partial charge in [0.1, 0.15) is 0 Å². The van der Waals surface area contributed by atoms with E-state index in [1.165, 1.54) is 5.56 Å². The fourth-order valence-electron chi connectivity index (χ4n) is 4.85. The minimum atomic E-state index is -0.810. The fourth-order valence-corrected chi connectivity index (χ4v) is 4.85. The van der Waals surface area contributed by atoms with Gasteiger partial charge in [0, 0.05) is 18.6 Å². The van der Waals surface area contributed by atoms with Crippen LogP contribution in [0.3, 0.4) is 0 Å². The van der Waals surface area contributed by atoms with E-state index in [0.29, 0.717) is 17.6 Å². The highest BCUT2D eigenvalue weighted by atomic mass is 16.3. The standard InChI is InChI=1S/C22H24N2O/c1-16-18(14-23)8-5-9-21(16)22(25)12-19-10-11-20(13-22)24(19)15-17-6-3-2-4-7-17/h2-9,19-20,25H,10-13,15H2,1H3. The molecule has 3 heteroatoms. The molecule has 0 aliphatic carbocycles. The van der Waals surface area contributed by atoms with Crippen molar-refractivity contribution < 1.29 is 5.11 Å². The van der Waals surface area contributed by atoms with E-state index in [1.54, 1.807) is 0 Å². The van der Waals surface area contributed by atoms with Gasteiger partial charge in [-0.05, 0) is 55.4 Å². The summed E-state index contributed by atoms with van der Waals surface area (Å²) in [6.45, 7) is 2.92. The van der Waals surface area contributed by atoms with Crippen LogP contribution in [0.15, 0.2) is 48.5 Å². The summed E-state index contributed by atoms with van der Waals surface area (Å²) in [7, 11) is 0. The molecule has 1 N–H and O–H groups in total. The molecule has 2 aliphatic heterocycles. The first-order valence-electron chi connectivity index (χ1n) is 9.13. The Morgan fingerprint density at radius 3 is 2.40 bits per heavy atom. The Bertz CT molecular complexity index is 795. The van der Waals surface area contributed by atoms with Gasteiger partial charge < -0.3 is 5.11 Å². The van der Waals surface area contributed by atoms with Crippen LogP contribution in [0, 0.1) is 18.3 Å². The Labute approximate surface area is 149 Å². The third kappa shape index (κ3) is 2.86. The van der Waals surface area contributed by atoms with Crippen LogP contribution in [0.5, 0.6) is 0 Å². The molecule has 25 heavy (non-hydrogen) atoms. The van der Waals surface area contributed by atoms with Crippen LogP contribution in [0.2, 0.25) is 0 Å². The molecule has 0 spiro atoms. The lowest BCUT2D eigenvalue weighted by atomic mass is 9.78. The van der Waals surface area contributed by atoms with E-state index in [9.17, 15) is 10.4 Å². The van der Waals surface area contributed by atoms with E-state index >= 15 is 0 Å². The van der Waals surface area contributed by atoms with Gasteiger partial charge in [0.2, 0.25) is 0 Å². The summed E-state index contributed by atoms with van der Waals surface area (Å²) in [4.78, 5) is 2.58. The highest BCUT2D eigenvalue weighted by Gasteiger charge is 2.48. The molecule has 2 aliphatic rings. The summed E-state index contributed by atoms with van der Waals surface area (Å²) in [5.74, 6) is 0. The Morgan fingerprint density at radius 1 is 1.08 bits per heavy atom. The molecular weight excluding hydrogens is 308 g/mol. The molecule has 2 atom stereocenters. The first kappa shape index (κ1) is 16.3. The average molecular weight is 332 g/mol. The van der Waals surface area contributed by atoms with E-state index in [2.05, 4.69) is 41.3 Å². The summed E-state index contributed by atoms with van der Waals surface area (Å²) in [6.07, 6.45) is 3.81. The fraction of sp³-hybridized carbons (Fsp3) is 0.409. The first-order chi connectivity index (χ1) is 12.1. The van der Waals surface area contributed by atoms with Crippen molar-refractivity contribution in [2.24, 2.45) is 0 Å². The molecule has 0 amide bonds. The monoisotopic (exact) mass is 332 g/mol. The lowest BCUT2D eigenvalue weighted by molar-refractivity contribution is -0.0599. The molecule has 2 saturated heterocycles. The molecule has 128 valence electrons. The Morgan fingerprint density at radius 2 is 1.76 bits per heavy atom. The maximum absolute atomic E-state index is 11.5. The van der Waals surface area contributed by atoms with E-state index in [4.69, 9.17) is 0 Å². The van der Waals surface area contributed by atoms with E-state index < -0.39 is 5.60 Å². The quantitative estimate of drug-likeness (QED) is 0.928. The Kier molecular flexibility index (Phi) is 4.11. The van der Waals surface area contributed by atoms with E-state index in [-0.39, 0.29) is 0 Å². The van der Waals surface area contributed by atoms with Gasteiger partial charge >= 0.3 is 0 Å². The Balaban J connectivity index is 1.60. The van der Waals surface area contributed by atoms with Crippen molar-refractivity contribution in [3.8, 4) is 6.07 Å². The topological polar surface area (TPSA) is 47.3 Å². The highest BCUT2D eigenvalue weighted by Crippen LogP contribution is 2.47. The minimum absolute atomic E-state index is 0.411. The second kappa shape index (κ2) is 6.29. The van der Waals surface area contributed by atoms with Gasteiger partial charge in [-0.25, -0.2) is 0 Å². The Hall–Kier alpha value is -2.15. The third-order valence-corrected chi connectivity index (χ3v) is 6.08. The van der Waals surface area contributed by atoms with Crippen LogP contribution in [0.4, 0.5) is 0 Å². The summed E-state index contributed by atoms with van der Waals surface area (Å²) in [6, 6.07) is 19.4. The molecular formula is C22H24N2O. The van der Waals surface area contributed by atoms with Gasteiger partial charge in [-0.3, -0.25) is 4.90 Å². The number of fused-ring (bicyclic) bond motifs is 2. The molecule has 2 unspecified atom stereocenters.